The Kier molecular flexibility index (Phi) is 9.93. The van der Waals surface area contributed by atoms with Crippen molar-refractivity contribution < 1.29 is 18.4 Å². The van der Waals surface area contributed by atoms with Gasteiger partial charge in [0.15, 0.2) is 0 Å². The lowest BCUT2D eigenvalue weighted by Gasteiger charge is -2.40. The molecule has 2 N–H and O–H groups in total. The van der Waals surface area contributed by atoms with Gasteiger partial charge in [-0.2, -0.15) is 0 Å². The van der Waals surface area contributed by atoms with Crippen LogP contribution in [0.25, 0.3) is 11.1 Å². The van der Waals surface area contributed by atoms with Crippen molar-refractivity contribution in [2.24, 2.45) is 5.92 Å². The maximum atomic E-state index is 13.7. The van der Waals surface area contributed by atoms with E-state index in [0.717, 1.165) is 44.4 Å². The van der Waals surface area contributed by atoms with Crippen molar-refractivity contribution >= 4 is 23.2 Å². The number of rotatable bonds is 10. The molecule has 8 heteroatoms. The molecule has 1 aliphatic heterocycles. The monoisotopic (exact) mass is 610 g/mol. The van der Waals surface area contributed by atoms with Crippen LogP contribution in [0.3, 0.4) is 0 Å². The van der Waals surface area contributed by atoms with Gasteiger partial charge in [0.1, 0.15) is 6.04 Å². The topological polar surface area (TPSA) is 64.7 Å². The molecule has 4 aromatic rings. The maximum absolute atomic E-state index is 13.7. The number of hydrogen-bond donors (Lipinski definition) is 2. The Morgan fingerprint density at radius 2 is 1.42 bits per heavy atom. The van der Waals surface area contributed by atoms with E-state index in [9.17, 15) is 18.4 Å². The zero-order valence-electron chi connectivity index (χ0n) is 26.0. The Hall–Kier alpha value is -4.56. The predicted octanol–water partition coefficient (Wildman–Crippen LogP) is 7.35. The molecule has 0 radical (unpaired) electrons. The highest BCUT2D eigenvalue weighted by atomic mass is 19.3. The summed E-state index contributed by atoms with van der Waals surface area (Å²) in [6.07, 6.45) is 0. The fourth-order valence-electron chi connectivity index (χ4n) is 5.63. The number of piperazine rings is 1. The Bertz CT molecular complexity index is 1580. The van der Waals surface area contributed by atoms with Crippen molar-refractivity contribution in [1.82, 2.24) is 10.2 Å². The lowest BCUT2D eigenvalue weighted by molar-refractivity contribution is -0.127. The zero-order valence-corrected chi connectivity index (χ0v) is 26.0. The second kappa shape index (κ2) is 14.0. The number of nitrogens with zero attached hydrogens (tertiary/aromatic N) is 2. The Labute approximate surface area is 264 Å². The fourth-order valence-corrected chi connectivity index (χ4v) is 5.63. The molecule has 1 unspecified atom stereocenters. The maximum Gasteiger partial charge on any atom is 0.270 e. The van der Waals surface area contributed by atoms with Gasteiger partial charge in [0, 0.05) is 62.1 Å². The first kappa shape index (κ1) is 31.9. The van der Waals surface area contributed by atoms with E-state index < -0.39 is 5.92 Å². The van der Waals surface area contributed by atoms with Crippen molar-refractivity contribution in [1.29, 1.82) is 0 Å². The third kappa shape index (κ3) is 7.94. The highest BCUT2D eigenvalue weighted by Gasteiger charge is 2.30. The van der Waals surface area contributed by atoms with E-state index in [4.69, 9.17) is 0 Å². The van der Waals surface area contributed by atoms with Crippen LogP contribution in [0.1, 0.15) is 48.3 Å². The molecule has 0 bridgehead atoms. The van der Waals surface area contributed by atoms with Crippen LogP contribution in [0.2, 0.25) is 0 Å². The molecule has 1 saturated heterocycles. The fraction of sp³-hybridized carbons (Fsp3) is 0.297. The quantitative estimate of drug-likeness (QED) is 0.197. The molecule has 1 fully saturated rings. The first-order valence-corrected chi connectivity index (χ1v) is 15.4. The molecule has 0 saturated carbocycles. The Morgan fingerprint density at radius 3 is 2.04 bits per heavy atom. The summed E-state index contributed by atoms with van der Waals surface area (Å²) in [4.78, 5) is 31.1. The number of benzene rings is 4. The first-order chi connectivity index (χ1) is 21.6. The van der Waals surface area contributed by atoms with Crippen LogP contribution in [0, 0.1) is 5.92 Å². The van der Waals surface area contributed by atoms with Gasteiger partial charge in [-0.15, -0.1) is 0 Å². The number of nitrogens with one attached hydrogen (secondary N) is 2. The summed E-state index contributed by atoms with van der Waals surface area (Å²) in [5.74, 6) is -2.80. The Morgan fingerprint density at radius 1 is 0.800 bits per heavy atom. The molecular weight excluding hydrogens is 570 g/mol. The minimum atomic E-state index is -2.93. The number of halogens is 2. The van der Waals surface area contributed by atoms with Gasteiger partial charge in [0.25, 0.3) is 11.8 Å². The summed E-state index contributed by atoms with van der Waals surface area (Å²) < 4.78 is 27.4. The van der Waals surface area contributed by atoms with Gasteiger partial charge >= 0.3 is 0 Å². The molecule has 0 spiro atoms. The normalized spacial score (nSPS) is 14.7. The third-order valence-electron chi connectivity index (χ3n) is 8.09. The largest absolute Gasteiger partial charge is 0.369 e. The summed E-state index contributed by atoms with van der Waals surface area (Å²) in [5, 5.41) is 6.10. The average Bonchev–Trinajstić information content (AvgIpc) is 3.05. The van der Waals surface area contributed by atoms with Crippen LogP contribution in [-0.2, 0) is 10.7 Å². The molecule has 1 heterocycles. The predicted molar refractivity (Wildman–Crippen MR) is 177 cm³/mol. The smallest absolute Gasteiger partial charge is 0.270 e. The molecule has 45 heavy (non-hydrogen) atoms. The van der Waals surface area contributed by atoms with Crippen molar-refractivity contribution in [3.63, 3.8) is 0 Å². The van der Waals surface area contributed by atoms with E-state index >= 15 is 0 Å². The summed E-state index contributed by atoms with van der Waals surface area (Å²) in [6, 6.07) is 30.5. The van der Waals surface area contributed by atoms with E-state index in [1.54, 1.807) is 24.3 Å². The van der Waals surface area contributed by atoms with Crippen LogP contribution < -0.4 is 15.5 Å². The van der Waals surface area contributed by atoms with Crippen molar-refractivity contribution in [2.75, 3.05) is 42.9 Å². The highest BCUT2D eigenvalue weighted by Crippen LogP contribution is 2.31. The Balaban J connectivity index is 1.22. The van der Waals surface area contributed by atoms with Crippen LogP contribution in [0.4, 0.5) is 20.2 Å². The number of carbonyl (C=O) groups excluding carboxylic acids is 2. The molecule has 234 valence electrons. The molecule has 6 nitrogen and oxygen atoms in total. The molecule has 4 aromatic carbocycles. The number of hydrogen-bond acceptors (Lipinski definition) is 4. The van der Waals surface area contributed by atoms with Gasteiger partial charge in [-0.25, -0.2) is 8.78 Å². The lowest BCUT2D eigenvalue weighted by atomic mass is 9.97. The van der Waals surface area contributed by atoms with Crippen molar-refractivity contribution in [2.45, 2.75) is 32.7 Å². The van der Waals surface area contributed by atoms with Gasteiger partial charge in [-0.05, 0) is 52.9 Å². The standard InChI is InChI=1S/C37H40F2N4O2/c1-26(2)25-40-36(45)34(28-9-5-4-6-10-28)43-23-21-42(22-24-43)31-19-17-30(18-20-31)41-35(44)33-12-8-7-11-32(33)27-13-15-29(16-14-27)37(3,38)39/h4-20,26,34H,21-25H2,1-3H3,(H,40,45)(H,41,44). The minimum absolute atomic E-state index is 0.0320. The lowest BCUT2D eigenvalue weighted by Crippen LogP contribution is -2.51. The number of amides is 2. The molecule has 2 amide bonds. The summed E-state index contributed by atoms with van der Waals surface area (Å²) in [7, 11) is 0. The van der Waals surface area contributed by atoms with E-state index in [-0.39, 0.29) is 23.4 Å². The van der Waals surface area contributed by atoms with Gasteiger partial charge in [-0.3, -0.25) is 14.5 Å². The van der Waals surface area contributed by atoms with Crippen LogP contribution in [0.15, 0.2) is 103 Å². The van der Waals surface area contributed by atoms with Gasteiger partial charge in [0.05, 0.1) is 0 Å². The van der Waals surface area contributed by atoms with E-state index in [1.807, 2.05) is 66.7 Å². The van der Waals surface area contributed by atoms with Gasteiger partial charge < -0.3 is 15.5 Å². The van der Waals surface area contributed by atoms with Crippen molar-refractivity contribution in [3.05, 3.63) is 120 Å². The highest BCUT2D eigenvalue weighted by molar-refractivity contribution is 6.08. The summed E-state index contributed by atoms with van der Waals surface area (Å²) >= 11 is 0. The van der Waals surface area contributed by atoms with Crippen LogP contribution in [-0.4, -0.2) is 49.4 Å². The summed E-state index contributed by atoms with van der Waals surface area (Å²) in [5.41, 5.74) is 4.44. The van der Waals surface area contributed by atoms with E-state index in [0.29, 0.717) is 34.8 Å². The number of carbonyl (C=O) groups is 2. The number of anilines is 2. The van der Waals surface area contributed by atoms with Crippen LogP contribution >= 0.6 is 0 Å². The first-order valence-electron chi connectivity index (χ1n) is 15.4. The second-order valence-electron chi connectivity index (χ2n) is 12.0. The second-order valence-corrected chi connectivity index (χ2v) is 12.0. The molecule has 0 aromatic heterocycles. The molecular formula is C37H40F2N4O2. The van der Waals surface area contributed by atoms with Gasteiger partial charge in [-0.1, -0.05) is 86.6 Å². The third-order valence-corrected chi connectivity index (χ3v) is 8.09. The van der Waals surface area contributed by atoms with Gasteiger partial charge in [0.2, 0.25) is 5.91 Å². The van der Waals surface area contributed by atoms with Crippen molar-refractivity contribution in [3.8, 4) is 11.1 Å². The number of alkyl halides is 2. The van der Waals surface area contributed by atoms with E-state index in [2.05, 4.69) is 34.3 Å². The molecule has 5 rings (SSSR count). The molecule has 1 atom stereocenters. The summed E-state index contributed by atoms with van der Waals surface area (Å²) in [6.45, 7) is 8.70. The minimum Gasteiger partial charge on any atom is -0.369 e. The molecule has 1 aliphatic rings. The average molecular weight is 611 g/mol. The molecule has 0 aliphatic carbocycles. The zero-order chi connectivity index (χ0) is 32.0. The van der Waals surface area contributed by atoms with E-state index in [1.165, 1.54) is 12.1 Å². The van der Waals surface area contributed by atoms with Crippen LogP contribution in [0.5, 0.6) is 0 Å². The SMILES string of the molecule is CC(C)CNC(=O)C(c1ccccc1)N1CCN(c2ccc(NC(=O)c3ccccc3-c3ccc(C(C)(F)F)cc3)cc2)CC1.